The molecule has 1 aromatic rings. The standard InChI is InChI=1S/C15H23NO4/c1-5-11(2)16(10-15(17)18)9-12-6-7-13(19-3)8-14(12)20-4/h6-8,11H,5,9-10H2,1-4H3,(H,17,18). The van der Waals surface area contributed by atoms with Gasteiger partial charge in [0, 0.05) is 24.2 Å². The van der Waals surface area contributed by atoms with Crippen LogP contribution in [0, 0.1) is 0 Å². The zero-order valence-electron chi connectivity index (χ0n) is 12.5. The summed E-state index contributed by atoms with van der Waals surface area (Å²) in [6.07, 6.45) is 0.895. The van der Waals surface area contributed by atoms with Gasteiger partial charge >= 0.3 is 5.97 Å². The quantitative estimate of drug-likeness (QED) is 0.793. The molecule has 112 valence electrons. The number of aliphatic carboxylic acids is 1. The van der Waals surface area contributed by atoms with Gasteiger partial charge in [-0.25, -0.2) is 0 Å². The van der Waals surface area contributed by atoms with Gasteiger partial charge in [0.05, 0.1) is 20.8 Å². The van der Waals surface area contributed by atoms with Gasteiger partial charge < -0.3 is 14.6 Å². The fraction of sp³-hybridized carbons (Fsp3) is 0.533. The van der Waals surface area contributed by atoms with Crippen molar-refractivity contribution in [3.05, 3.63) is 23.8 Å². The molecular formula is C15H23NO4. The van der Waals surface area contributed by atoms with Crippen molar-refractivity contribution >= 4 is 5.97 Å². The van der Waals surface area contributed by atoms with Crippen LogP contribution < -0.4 is 9.47 Å². The molecule has 20 heavy (non-hydrogen) atoms. The van der Waals surface area contributed by atoms with Gasteiger partial charge in [0.1, 0.15) is 11.5 Å². The molecule has 0 heterocycles. The molecule has 1 aromatic carbocycles. The highest BCUT2D eigenvalue weighted by atomic mass is 16.5. The molecule has 0 fully saturated rings. The highest BCUT2D eigenvalue weighted by Gasteiger charge is 2.18. The van der Waals surface area contributed by atoms with Crippen molar-refractivity contribution in [2.24, 2.45) is 0 Å². The molecule has 0 spiro atoms. The number of methoxy groups -OCH3 is 2. The third-order valence-electron chi connectivity index (χ3n) is 3.42. The lowest BCUT2D eigenvalue weighted by molar-refractivity contribution is -0.139. The zero-order chi connectivity index (χ0) is 15.1. The normalized spacial score (nSPS) is 12.2. The molecule has 1 unspecified atom stereocenters. The van der Waals surface area contributed by atoms with Gasteiger partial charge in [-0.2, -0.15) is 0 Å². The Labute approximate surface area is 120 Å². The van der Waals surface area contributed by atoms with E-state index in [2.05, 4.69) is 0 Å². The Balaban J connectivity index is 2.94. The summed E-state index contributed by atoms with van der Waals surface area (Å²) in [5.74, 6) is 0.611. The predicted molar refractivity (Wildman–Crippen MR) is 77.3 cm³/mol. The maximum Gasteiger partial charge on any atom is 0.317 e. The maximum absolute atomic E-state index is 11.0. The number of nitrogens with zero attached hydrogens (tertiary/aromatic N) is 1. The molecule has 0 radical (unpaired) electrons. The number of carboxylic acid groups (broad SMARTS) is 1. The van der Waals surface area contributed by atoms with E-state index in [1.807, 2.05) is 36.9 Å². The van der Waals surface area contributed by atoms with E-state index < -0.39 is 5.97 Å². The molecule has 0 aliphatic carbocycles. The molecule has 0 aliphatic rings. The van der Waals surface area contributed by atoms with E-state index >= 15 is 0 Å². The Bertz CT molecular complexity index is 447. The van der Waals surface area contributed by atoms with Crippen LogP contribution in [0.15, 0.2) is 18.2 Å². The van der Waals surface area contributed by atoms with Gasteiger partial charge in [0.25, 0.3) is 0 Å². The molecule has 0 saturated heterocycles. The van der Waals surface area contributed by atoms with Crippen molar-refractivity contribution in [1.29, 1.82) is 0 Å². The van der Waals surface area contributed by atoms with Gasteiger partial charge in [0.2, 0.25) is 0 Å². The lowest BCUT2D eigenvalue weighted by atomic mass is 10.1. The van der Waals surface area contributed by atoms with Gasteiger partial charge in [-0.05, 0) is 19.4 Å². The van der Waals surface area contributed by atoms with Crippen LogP contribution in [0.3, 0.4) is 0 Å². The monoisotopic (exact) mass is 281 g/mol. The minimum absolute atomic E-state index is 0.0180. The Hall–Kier alpha value is -1.75. The minimum atomic E-state index is -0.822. The summed E-state index contributed by atoms with van der Waals surface area (Å²) >= 11 is 0. The van der Waals surface area contributed by atoms with Crippen molar-refractivity contribution in [1.82, 2.24) is 4.90 Å². The van der Waals surface area contributed by atoms with Crippen LogP contribution in [-0.4, -0.2) is 42.8 Å². The van der Waals surface area contributed by atoms with Gasteiger partial charge in [-0.1, -0.05) is 13.0 Å². The molecule has 5 heteroatoms. The summed E-state index contributed by atoms with van der Waals surface area (Å²) in [5.41, 5.74) is 0.954. The second-order valence-corrected chi connectivity index (χ2v) is 4.73. The fourth-order valence-electron chi connectivity index (χ4n) is 2.00. The molecule has 0 amide bonds. The topological polar surface area (TPSA) is 59.0 Å². The number of carbonyl (C=O) groups is 1. The first kappa shape index (κ1) is 16.3. The Morgan fingerprint density at radius 2 is 2.05 bits per heavy atom. The number of ether oxygens (including phenoxy) is 2. The second-order valence-electron chi connectivity index (χ2n) is 4.73. The van der Waals surface area contributed by atoms with Crippen LogP contribution in [0.25, 0.3) is 0 Å². The van der Waals surface area contributed by atoms with E-state index in [4.69, 9.17) is 14.6 Å². The van der Waals surface area contributed by atoms with E-state index in [9.17, 15) is 4.79 Å². The summed E-state index contributed by atoms with van der Waals surface area (Å²) in [5, 5.41) is 9.02. The lowest BCUT2D eigenvalue weighted by Crippen LogP contribution is -2.36. The smallest absolute Gasteiger partial charge is 0.317 e. The molecule has 1 rings (SSSR count). The van der Waals surface area contributed by atoms with E-state index in [0.29, 0.717) is 12.3 Å². The van der Waals surface area contributed by atoms with E-state index in [1.165, 1.54) is 0 Å². The molecule has 0 bridgehead atoms. The number of carboxylic acids is 1. The first-order valence-corrected chi connectivity index (χ1v) is 6.68. The average molecular weight is 281 g/mol. The highest BCUT2D eigenvalue weighted by Crippen LogP contribution is 2.26. The van der Waals surface area contributed by atoms with Crippen molar-refractivity contribution < 1.29 is 19.4 Å². The van der Waals surface area contributed by atoms with E-state index in [0.717, 1.165) is 17.7 Å². The van der Waals surface area contributed by atoms with Crippen LogP contribution in [0.4, 0.5) is 0 Å². The fourth-order valence-corrected chi connectivity index (χ4v) is 2.00. The van der Waals surface area contributed by atoms with Crippen LogP contribution >= 0.6 is 0 Å². The SMILES string of the molecule is CCC(C)N(CC(=O)O)Cc1ccc(OC)cc1OC. The largest absolute Gasteiger partial charge is 0.497 e. The van der Waals surface area contributed by atoms with Crippen molar-refractivity contribution in [3.8, 4) is 11.5 Å². The molecule has 1 N–H and O–H groups in total. The zero-order valence-corrected chi connectivity index (χ0v) is 12.5. The molecule has 0 saturated carbocycles. The maximum atomic E-state index is 11.0. The number of rotatable bonds is 8. The van der Waals surface area contributed by atoms with Crippen LogP contribution in [-0.2, 0) is 11.3 Å². The first-order chi connectivity index (χ1) is 9.51. The van der Waals surface area contributed by atoms with Gasteiger partial charge in [0.15, 0.2) is 0 Å². The summed E-state index contributed by atoms with van der Waals surface area (Å²) in [4.78, 5) is 12.9. The Morgan fingerprint density at radius 1 is 1.35 bits per heavy atom. The molecular weight excluding hydrogens is 258 g/mol. The van der Waals surface area contributed by atoms with Crippen molar-refractivity contribution in [2.75, 3.05) is 20.8 Å². The third kappa shape index (κ3) is 4.42. The number of benzene rings is 1. The third-order valence-corrected chi connectivity index (χ3v) is 3.42. The van der Waals surface area contributed by atoms with E-state index in [-0.39, 0.29) is 12.6 Å². The Morgan fingerprint density at radius 3 is 2.55 bits per heavy atom. The molecule has 1 atom stereocenters. The minimum Gasteiger partial charge on any atom is -0.497 e. The van der Waals surface area contributed by atoms with Gasteiger partial charge in [-0.3, -0.25) is 9.69 Å². The van der Waals surface area contributed by atoms with Crippen LogP contribution in [0.2, 0.25) is 0 Å². The second kappa shape index (κ2) is 7.75. The highest BCUT2D eigenvalue weighted by molar-refractivity contribution is 5.69. The number of hydrogen-bond acceptors (Lipinski definition) is 4. The van der Waals surface area contributed by atoms with E-state index in [1.54, 1.807) is 14.2 Å². The summed E-state index contributed by atoms with van der Waals surface area (Å²) in [6, 6.07) is 5.77. The first-order valence-electron chi connectivity index (χ1n) is 6.68. The summed E-state index contributed by atoms with van der Waals surface area (Å²) in [7, 11) is 3.20. The van der Waals surface area contributed by atoms with Gasteiger partial charge in [-0.15, -0.1) is 0 Å². The molecule has 0 aromatic heterocycles. The average Bonchev–Trinajstić information content (AvgIpc) is 2.45. The predicted octanol–water partition coefficient (Wildman–Crippen LogP) is 2.39. The summed E-state index contributed by atoms with van der Waals surface area (Å²) in [6.45, 7) is 4.63. The lowest BCUT2D eigenvalue weighted by Gasteiger charge is -2.27. The Kier molecular flexibility index (Phi) is 6.31. The molecule has 0 aliphatic heterocycles. The van der Waals surface area contributed by atoms with Crippen LogP contribution in [0.1, 0.15) is 25.8 Å². The summed E-state index contributed by atoms with van der Waals surface area (Å²) < 4.78 is 10.5. The molecule has 5 nitrogen and oxygen atoms in total. The van der Waals surface area contributed by atoms with Crippen molar-refractivity contribution in [3.63, 3.8) is 0 Å². The number of hydrogen-bond donors (Lipinski definition) is 1. The van der Waals surface area contributed by atoms with Crippen molar-refractivity contribution in [2.45, 2.75) is 32.9 Å². The van der Waals surface area contributed by atoms with Crippen LogP contribution in [0.5, 0.6) is 11.5 Å².